The van der Waals surface area contributed by atoms with E-state index in [1.54, 1.807) is 6.92 Å². The maximum atomic E-state index is 12.0. The lowest BCUT2D eigenvalue weighted by atomic mass is 10.0. The van der Waals surface area contributed by atoms with Gasteiger partial charge >= 0.3 is 6.03 Å². The molecule has 2 fully saturated rings. The molecular weight excluding hydrogens is 246 g/mol. The lowest BCUT2D eigenvalue weighted by molar-refractivity contribution is -0.151. The summed E-state index contributed by atoms with van der Waals surface area (Å²) in [4.78, 5) is 38.0. The average molecular weight is 262 g/mol. The van der Waals surface area contributed by atoms with Gasteiger partial charge in [-0.15, -0.1) is 12.4 Å². The lowest BCUT2D eigenvalue weighted by Crippen LogP contribution is -2.61. The van der Waals surface area contributed by atoms with Crippen LogP contribution in [0.1, 0.15) is 19.8 Å². The molecule has 0 atom stereocenters. The monoisotopic (exact) mass is 261 g/mol. The first kappa shape index (κ1) is 13.9. The highest BCUT2D eigenvalue weighted by atomic mass is 35.5. The van der Waals surface area contributed by atoms with Crippen LogP contribution in [0, 0.1) is 5.41 Å². The third kappa shape index (κ3) is 1.81. The Balaban J connectivity index is 0.00000144. The number of hydrogen-bond donors (Lipinski definition) is 1. The minimum Gasteiger partial charge on any atom is -0.329 e. The van der Waals surface area contributed by atoms with Gasteiger partial charge in [-0.3, -0.25) is 19.4 Å². The summed E-state index contributed by atoms with van der Waals surface area (Å²) in [5.74, 6) is -0.698. The van der Waals surface area contributed by atoms with Crippen molar-refractivity contribution in [2.24, 2.45) is 11.1 Å². The summed E-state index contributed by atoms with van der Waals surface area (Å²) >= 11 is 0. The van der Waals surface area contributed by atoms with Gasteiger partial charge in [-0.25, -0.2) is 4.79 Å². The van der Waals surface area contributed by atoms with Crippen molar-refractivity contribution in [1.82, 2.24) is 9.80 Å². The standard InChI is InChI=1S/C10H15N3O3.ClH/c1-2-12-7(14)10(3-4-10)8(15)13(6-5-11)9(12)16;/h2-6,11H2,1H3;1H. The van der Waals surface area contributed by atoms with Crippen molar-refractivity contribution >= 4 is 30.3 Å². The summed E-state index contributed by atoms with van der Waals surface area (Å²) in [6, 6.07) is -0.527. The number of imide groups is 2. The van der Waals surface area contributed by atoms with Gasteiger partial charge in [-0.05, 0) is 19.8 Å². The molecule has 1 saturated carbocycles. The summed E-state index contributed by atoms with van der Waals surface area (Å²) in [7, 11) is 0. The van der Waals surface area contributed by atoms with Gasteiger partial charge < -0.3 is 5.73 Å². The summed E-state index contributed by atoms with van der Waals surface area (Å²) in [6.45, 7) is 2.43. The van der Waals surface area contributed by atoms with Gasteiger partial charge in [-0.2, -0.15) is 0 Å². The second-order valence-corrected chi connectivity index (χ2v) is 4.16. The topological polar surface area (TPSA) is 83.7 Å². The molecule has 1 aliphatic heterocycles. The van der Waals surface area contributed by atoms with Crippen molar-refractivity contribution in [2.75, 3.05) is 19.6 Å². The molecule has 17 heavy (non-hydrogen) atoms. The van der Waals surface area contributed by atoms with E-state index in [1.807, 2.05) is 0 Å². The molecule has 2 N–H and O–H groups in total. The molecule has 1 spiro atoms. The quantitative estimate of drug-likeness (QED) is 0.723. The second kappa shape index (κ2) is 4.62. The van der Waals surface area contributed by atoms with Crippen LogP contribution in [0.5, 0.6) is 0 Å². The number of urea groups is 1. The van der Waals surface area contributed by atoms with Crippen LogP contribution in [0.15, 0.2) is 0 Å². The van der Waals surface area contributed by atoms with E-state index in [1.165, 1.54) is 0 Å². The first-order chi connectivity index (χ1) is 7.58. The maximum absolute atomic E-state index is 12.0. The summed E-state index contributed by atoms with van der Waals surface area (Å²) in [6.07, 6.45) is 1.10. The highest BCUT2D eigenvalue weighted by Crippen LogP contribution is 2.50. The zero-order chi connectivity index (χ0) is 11.9. The van der Waals surface area contributed by atoms with E-state index >= 15 is 0 Å². The number of nitrogens with zero attached hydrogens (tertiary/aromatic N) is 2. The fourth-order valence-corrected chi connectivity index (χ4v) is 2.09. The van der Waals surface area contributed by atoms with Crippen molar-refractivity contribution < 1.29 is 14.4 Å². The van der Waals surface area contributed by atoms with Crippen LogP contribution in [0.25, 0.3) is 0 Å². The van der Waals surface area contributed by atoms with Gasteiger partial charge in [0, 0.05) is 19.6 Å². The van der Waals surface area contributed by atoms with Crippen LogP contribution < -0.4 is 5.73 Å². The highest BCUT2D eigenvalue weighted by molar-refractivity contribution is 6.20. The van der Waals surface area contributed by atoms with Crippen molar-refractivity contribution in [3.05, 3.63) is 0 Å². The normalized spacial score (nSPS) is 21.9. The second-order valence-electron chi connectivity index (χ2n) is 4.16. The number of rotatable bonds is 3. The molecular formula is C10H16ClN3O3. The molecule has 96 valence electrons. The Kier molecular flexibility index (Phi) is 3.78. The van der Waals surface area contributed by atoms with Crippen molar-refractivity contribution in [3.8, 4) is 0 Å². The Morgan fingerprint density at radius 3 is 2.12 bits per heavy atom. The highest BCUT2D eigenvalue weighted by Gasteiger charge is 2.64. The van der Waals surface area contributed by atoms with E-state index < -0.39 is 11.4 Å². The van der Waals surface area contributed by atoms with Gasteiger partial charge in [0.05, 0.1) is 0 Å². The van der Waals surface area contributed by atoms with Gasteiger partial charge in [0.1, 0.15) is 5.41 Å². The predicted octanol–water partition coefficient (Wildman–Crippen LogP) is -0.0422. The third-order valence-corrected chi connectivity index (χ3v) is 3.19. The molecule has 2 rings (SSSR count). The molecule has 0 unspecified atom stereocenters. The molecule has 0 aromatic heterocycles. The zero-order valence-electron chi connectivity index (χ0n) is 9.64. The van der Waals surface area contributed by atoms with Crippen LogP contribution >= 0.6 is 12.4 Å². The van der Waals surface area contributed by atoms with Crippen molar-refractivity contribution in [2.45, 2.75) is 19.8 Å². The molecule has 2 aliphatic rings. The molecule has 1 aliphatic carbocycles. The molecule has 1 heterocycles. The largest absolute Gasteiger partial charge is 0.333 e. The van der Waals surface area contributed by atoms with Crippen LogP contribution in [0.2, 0.25) is 0 Å². The molecule has 0 radical (unpaired) electrons. The number of carbonyl (C=O) groups is 3. The average Bonchev–Trinajstić information content (AvgIpc) is 3.05. The Morgan fingerprint density at radius 1 is 1.18 bits per heavy atom. The van der Waals surface area contributed by atoms with E-state index in [4.69, 9.17) is 5.73 Å². The van der Waals surface area contributed by atoms with E-state index in [9.17, 15) is 14.4 Å². The van der Waals surface area contributed by atoms with Gasteiger partial charge in [0.15, 0.2) is 0 Å². The first-order valence-electron chi connectivity index (χ1n) is 5.46. The third-order valence-electron chi connectivity index (χ3n) is 3.19. The van der Waals surface area contributed by atoms with Crippen LogP contribution in [0.3, 0.4) is 0 Å². The fraction of sp³-hybridized carbons (Fsp3) is 0.700. The van der Waals surface area contributed by atoms with Gasteiger partial charge in [0.2, 0.25) is 11.8 Å². The summed E-state index contributed by atoms with van der Waals surface area (Å²) in [5.41, 5.74) is 4.43. The number of amides is 4. The summed E-state index contributed by atoms with van der Waals surface area (Å²) in [5, 5.41) is 0. The van der Waals surface area contributed by atoms with Gasteiger partial charge in [-0.1, -0.05) is 0 Å². The smallest absolute Gasteiger partial charge is 0.329 e. The lowest BCUT2D eigenvalue weighted by Gasteiger charge is -2.36. The predicted molar refractivity (Wildman–Crippen MR) is 62.5 cm³/mol. The van der Waals surface area contributed by atoms with Crippen LogP contribution in [0.4, 0.5) is 4.79 Å². The molecule has 0 aromatic rings. The fourth-order valence-electron chi connectivity index (χ4n) is 2.09. The molecule has 0 aromatic carbocycles. The molecule has 1 saturated heterocycles. The minimum absolute atomic E-state index is 0. The first-order valence-corrected chi connectivity index (χ1v) is 5.46. The molecule has 7 heteroatoms. The van der Waals surface area contributed by atoms with Crippen LogP contribution in [-0.4, -0.2) is 47.3 Å². The van der Waals surface area contributed by atoms with E-state index in [0.717, 1.165) is 9.80 Å². The number of halogens is 1. The molecule has 4 amide bonds. The summed E-state index contributed by atoms with van der Waals surface area (Å²) < 4.78 is 0. The van der Waals surface area contributed by atoms with E-state index in [0.29, 0.717) is 19.4 Å². The molecule has 0 bridgehead atoms. The zero-order valence-corrected chi connectivity index (χ0v) is 10.5. The SMILES string of the molecule is CCN1C(=O)N(CCN)C(=O)C2(CC2)C1=O.Cl. The number of nitrogens with two attached hydrogens (primary N) is 1. The Bertz CT molecular complexity index is 368. The van der Waals surface area contributed by atoms with Crippen LogP contribution in [-0.2, 0) is 9.59 Å². The number of barbiturate groups is 1. The number of carbonyl (C=O) groups excluding carboxylic acids is 3. The van der Waals surface area contributed by atoms with E-state index in [-0.39, 0.29) is 37.3 Å². The van der Waals surface area contributed by atoms with Crippen molar-refractivity contribution in [3.63, 3.8) is 0 Å². The Labute approximate surface area is 106 Å². The Morgan fingerprint density at radius 2 is 1.71 bits per heavy atom. The van der Waals surface area contributed by atoms with Crippen molar-refractivity contribution in [1.29, 1.82) is 0 Å². The maximum Gasteiger partial charge on any atom is 0.333 e. The van der Waals surface area contributed by atoms with E-state index in [2.05, 4.69) is 0 Å². The van der Waals surface area contributed by atoms with Gasteiger partial charge in [0.25, 0.3) is 0 Å². The Hall–Kier alpha value is -1.14. The minimum atomic E-state index is -0.931. The molecule has 6 nitrogen and oxygen atoms in total. The number of hydrogen-bond acceptors (Lipinski definition) is 4.